The number of nitrogens with zero attached hydrogens (tertiary/aromatic N) is 2. The van der Waals surface area contributed by atoms with Crippen LogP contribution in [0.25, 0.3) is 22.4 Å². The summed E-state index contributed by atoms with van der Waals surface area (Å²) in [5.74, 6) is 1.24. The lowest BCUT2D eigenvalue weighted by atomic mass is 10.0. The number of furan rings is 1. The second kappa shape index (κ2) is 6.68. The molecule has 0 aliphatic heterocycles. The molecule has 3 aromatic rings. The number of fused-ring (bicyclic) bond motifs is 1. The Morgan fingerprint density at radius 3 is 2.72 bits per heavy atom. The van der Waals surface area contributed by atoms with Gasteiger partial charge in [0.1, 0.15) is 11.5 Å². The average Bonchev–Trinajstić information content (AvgIpc) is 3.09. The Bertz CT molecular complexity index is 926. The van der Waals surface area contributed by atoms with Crippen molar-refractivity contribution in [3.63, 3.8) is 0 Å². The monoisotopic (exact) mass is 343 g/mol. The van der Waals surface area contributed by atoms with Gasteiger partial charge in [-0.05, 0) is 46.2 Å². The lowest BCUT2D eigenvalue weighted by molar-refractivity contribution is 0.0936. The molecule has 0 spiro atoms. The fourth-order valence-corrected chi connectivity index (χ4v) is 2.86. The minimum absolute atomic E-state index is 0.0121. The molecule has 0 aliphatic rings. The zero-order valence-corrected chi connectivity index (χ0v) is 14.7. The van der Waals surface area contributed by atoms with Crippen LogP contribution in [-0.4, -0.2) is 33.8 Å². The van der Waals surface area contributed by atoms with Crippen molar-refractivity contribution in [2.75, 3.05) is 6.61 Å². The van der Waals surface area contributed by atoms with Crippen LogP contribution in [0.3, 0.4) is 0 Å². The first kappa shape index (κ1) is 17.2. The number of amides is 1. The third-order valence-electron chi connectivity index (χ3n) is 4.12. The van der Waals surface area contributed by atoms with Crippen molar-refractivity contribution < 1.29 is 18.8 Å². The number of aromatic nitrogens is 2. The van der Waals surface area contributed by atoms with Gasteiger partial charge in [-0.2, -0.15) is 0 Å². The van der Waals surface area contributed by atoms with Crippen LogP contribution in [0.4, 0.5) is 0 Å². The Morgan fingerprint density at radius 1 is 1.32 bits per heavy atom. The van der Waals surface area contributed by atoms with Crippen LogP contribution >= 0.6 is 0 Å². The van der Waals surface area contributed by atoms with Crippen LogP contribution in [-0.2, 0) is 0 Å². The smallest absolute Gasteiger partial charge is 0.259 e. The number of carbonyl (C=O) groups excluding carboxylic acids is 1. The molecular weight excluding hydrogens is 322 g/mol. The Labute approximate surface area is 145 Å². The summed E-state index contributed by atoms with van der Waals surface area (Å²) in [6, 6.07) is 3.45. The summed E-state index contributed by atoms with van der Waals surface area (Å²) in [5, 5.41) is 16.4. The van der Waals surface area contributed by atoms with Crippen molar-refractivity contribution in [2.45, 2.75) is 40.2 Å². The van der Waals surface area contributed by atoms with E-state index in [-0.39, 0.29) is 18.6 Å². The molecule has 132 valence electrons. The molecule has 0 fully saturated rings. The molecule has 0 bridgehead atoms. The highest BCUT2D eigenvalue weighted by Gasteiger charge is 2.21. The molecule has 25 heavy (non-hydrogen) atoms. The van der Waals surface area contributed by atoms with Gasteiger partial charge in [0.25, 0.3) is 11.6 Å². The summed E-state index contributed by atoms with van der Waals surface area (Å²) in [7, 11) is 0. The second-order valence-electron chi connectivity index (χ2n) is 6.22. The quantitative estimate of drug-likeness (QED) is 0.738. The van der Waals surface area contributed by atoms with Gasteiger partial charge in [-0.25, -0.2) is 4.98 Å². The number of aryl methyl sites for hydroxylation is 3. The Kier molecular flexibility index (Phi) is 4.59. The molecule has 3 aromatic heterocycles. The third-order valence-corrected chi connectivity index (χ3v) is 4.12. The first-order valence-electron chi connectivity index (χ1n) is 8.17. The zero-order valence-electron chi connectivity index (χ0n) is 14.7. The summed E-state index contributed by atoms with van der Waals surface area (Å²) < 4.78 is 10.9. The van der Waals surface area contributed by atoms with Crippen molar-refractivity contribution in [3.8, 4) is 11.3 Å². The number of rotatable bonds is 5. The molecule has 0 aromatic carbocycles. The van der Waals surface area contributed by atoms with Crippen LogP contribution in [0, 0.1) is 20.8 Å². The summed E-state index contributed by atoms with van der Waals surface area (Å²) in [4.78, 5) is 17.2. The molecule has 2 N–H and O–H groups in total. The van der Waals surface area contributed by atoms with Crippen LogP contribution in [0.15, 0.2) is 21.1 Å². The molecule has 3 heterocycles. The van der Waals surface area contributed by atoms with Crippen molar-refractivity contribution in [3.05, 3.63) is 34.9 Å². The number of aliphatic hydroxyl groups is 1. The number of hydrogen-bond donors (Lipinski definition) is 2. The number of hydrogen-bond acceptors (Lipinski definition) is 6. The molecule has 0 aliphatic carbocycles. The lowest BCUT2D eigenvalue weighted by Crippen LogP contribution is -2.33. The van der Waals surface area contributed by atoms with E-state index >= 15 is 0 Å². The number of pyridine rings is 1. The van der Waals surface area contributed by atoms with E-state index in [0.717, 1.165) is 17.1 Å². The molecule has 0 saturated carbocycles. The predicted octanol–water partition coefficient (Wildman–Crippen LogP) is 2.91. The largest absolute Gasteiger partial charge is 0.466 e. The van der Waals surface area contributed by atoms with Gasteiger partial charge in [0, 0.05) is 18.2 Å². The average molecular weight is 343 g/mol. The summed E-state index contributed by atoms with van der Waals surface area (Å²) >= 11 is 0. The molecule has 1 amide bonds. The fraction of sp³-hybridized carbons (Fsp3) is 0.389. The Morgan fingerprint density at radius 2 is 2.08 bits per heavy atom. The lowest BCUT2D eigenvalue weighted by Gasteiger charge is -2.13. The van der Waals surface area contributed by atoms with Crippen molar-refractivity contribution in [2.24, 2.45) is 0 Å². The molecule has 1 atom stereocenters. The molecule has 1 unspecified atom stereocenters. The Hall–Kier alpha value is -2.67. The first-order chi connectivity index (χ1) is 11.9. The van der Waals surface area contributed by atoms with Gasteiger partial charge in [0.2, 0.25) is 0 Å². The number of aliphatic hydroxyl groups excluding tert-OH is 1. The minimum Gasteiger partial charge on any atom is -0.466 e. The summed E-state index contributed by atoms with van der Waals surface area (Å²) in [6.45, 7) is 7.34. The van der Waals surface area contributed by atoms with E-state index < -0.39 is 0 Å². The van der Waals surface area contributed by atoms with E-state index in [4.69, 9.17) is 14.0 Å². The van der Waals surface area contributed by atoms with Gasteiger partial charge in [0.15, 0.2) is 0 Å². The van der Waals surface area contributed by atoms with Crippen molar-refractivity contribution in [1.82, 2.24) is 15.5 Å². The SMILES string of the molecule is Cc1cc(-c2cc(C(=O)NC(C)CCO)c3c(C)noc3n2)c(C)o1. The molecule has 7 nitrogen and oxygen atoms in total. The highest BCUT2D eigenvalue weighted by Crippen LogP contribution is 2.30. The third kappa shape index (κ3) is 3.28. The Balaban J connectivity index is 2.11. The van der Waals surface area contributed by atoms with Crippen molar-refractivity contribution >= 4 is 17.0 Å². The van der Waals surface area contributed by atoms with Crippen LogP contribution in [0.5, 0.6) is 0 Å². The highest BCUT2D eigenvalue weighted by atomic mass is 16.5. The van der Waals surface area contributed by atoms with E-state index in [1.807, 2.05) is 26.8 Å². The molecule has 7 heteroatoms. The van der Waals surface area contributed by atoms with E-state index in [9.17, 15) is 4.79 Å². The maximum Gasteiger partial charge on any atom is 0.259 e. The summed E-state index contributed by atoms with van der Waals surface area (Å²) in [5.41, 5.74) is 2.77. The van der Waals surface area contributed by atoms with E-state index in [1.54, 1.807) is 13.0 Å². The highest BCUT2D eigenvalue weighted by molar-refractivity contribution is 6.07. The van der Waals surface area contributed by atoms with Gasteiger partial charge in [-0.1, -0.05) is 5.16 Å². The van der Waals surface area contributed by atoms with Crippen LogP contribution < -0.4 is 5.32 Å². The van der Waals surface area contributed by atoms with Crippen molar-refractivity contribution in [1.29, 1.82) is 0 Å². The summed E-state index contributed by atoms with van der Waals surface area (Å²) in [6.07, 6.45) is 0.482. The van der Waals surface area contributed by atoms with Gasteiger partial charge < -0.3 is 19.4 Å². The zero-order chi connectivity index (χ0) is 18.1. The van der Waals surface area contributed by atoms with Crippen LogP contribution in [0.1, 0.15) is 40.9 Å². The molecule has 0 saturated heterocycles. The van der Waals surface area contributed by atoms with E-state index in [1.165, 1.54) is 0 Å². The molecule has 3 rings (SSSR count). The maximum atomic E-state index is 12.8. The molecule has 0 radical (unpaired) electrons. The standard InChI is InChI=1S/C18H21N3O4/c1-9(5-6-22)19-17(23)14-8-15(13-7-10(2)24-12(13)4)20-18-16(14)11(3)21-25-18/h7-9,22H,5-6H2,1-4H3,(H,19,23). The fourth-order valence-electron chi connectivity index (χ4n) is 2.86. The van der Waals surface area contributed by atoms with Gasteiger partial charge in [-0.15, -0.1) is 0 Å². The second-order valence-corrected chi connectivity index (χ2v) is 6.22. The predicted molar refractivity (Wildman–Crippen MR) is 92.3 cm³/mol. The van der Waals surface area contributed by atoms with E-state index in [0.29, 0.717) is 34.5 Å². The van der Waals surface area contributed by atoms with E-state index in [2.05, 4.69) is 15.5 Å². The topological polar surface area (TPSA) is 101 Å². The van der Waals surface area contributed by atoms with Gasteiger partial charge in [-0.3, -0.25) is 4.79 Å². The van der Waals surface area contributed by atoms with Crippen LogP contribution in [0.2, 0.25) is 0 Å². The first-order valence-corrected chi connectivity index (χ1v) is 8.17. The normalized spacial score (nSPS) is 12.5. The van der Waals surface area contributed by atoms with Gasteiger partial charge in [0.05, 0.1) is 22.3 Å². The minimum atomic E-state index is -0.251. The number of nitrogens with one attached hydrogen (secondary N) is 1. The number of carbonyl (C=O) groups is 1. The molecular formula is C18H21N3O4. The van der Waals surface area contributed by atoms with Gasteiger partial charge >= 0.3 is 0 Å². The maximum absolute atomic E-state index is 12.8.